The minimum Gasteiger partial charge on any atom is -0.325 e. The number of benzene rings is 1. The lowest BCUT2D eigenvalue weighted by Crippen LogP contribution is -2.30. The van der Waals surface area contributed by atoms with Crippen LogP contribution in [0.5, 0.6) is 0 Å². The highest BCUT2D eigenvalue weighted by atomic mass is 16.2. The number of hydrogen-bond acceptors (Lipinski definition) is 3. The van der Waals surface area contributed by atoms with E-state index in [4.69, 9.17) is 5.84 Å². The Hall–Kier alpha value is -1.88. The molecule has 102 valence electrons. The van der Waals surface area contributed by atoms with Crippen LogP contribution in [0.4, 0.5) is 0 Å². The molecule has 5 heteroatoms. The van der Waals surface area contributed by atoms with E-state index in [0.717, 1.165) is 29.7 Å². The van der Waals surface area contributed by atoms with Crippen LogP contribution in [0, 0.1) is 0 Å². The van der Waals surface area contributed by atoms with E-state index in [-0.39, 0.29) is 11.9 Å². The molecule has 0 fully saturated rings. The Labute approximate surface area is 112 Å². The number of carbonyl (C=O) groups is 1. The number of amides is 1. The Morgan fingerprint density at radius 3 is 2.89 bits per heavy atom. The van der Waals surface area contributed by atoms with Crippen molar-refractivity contribution in [1.29, 1.82) is 0 Å². The van der Waals surface area contributed by atoms with E-state index in [0.29, 0.717) is 6.42 Å². The molecule has 5 nitrogen and oxygen atoms in total. The summed E-state index contributed by atoms with van der Waals surface area (Å²) < 4.78 is 2.22. The number of imidazole rings is 1. The van der Waals surface area contributed by atoms with Crippen molar-refractivity contribution < 1.29 is 4.79 Å². The summed E-state index contributed by atoms with van der Waals surface area (Å²) in [4.78, 5) is 15.9. The monoisotopic (exact) mass is 260 g/mol. The quantitative estimate of drug-likeness (QED) is 0.490. The van der Waals surface area contributed by atoms with Crippen LogP contribution in [0.25, 0.3) is 11.0 Å². The lowest BCUT2D eigenvalue weighted by molar-refractivity contribution is -0.121. The molecule has 0 spiro atoms. The molecule has 1 aromatic heterocycles. The number of fused-ring (bicyclic) bond motifs is 1. The second-order valence-corrected chi connectivity index (χ2v) is 4.70. The second-order valence-electron chi connectivity index (χ2n) is 4.70. The second kappa shape index (κ2) is 5.84. The Morgan fingerprint density at radius 2 is 2.21 bits per heavy atom. The molecule has 19 heavy (non-hydrogen) atoms. The van der Waals surface area contributed by atoms with Crippen molar-refractivity contribution in [3.8, 4) is 0 Å². The summed E-state index contributed by atoms with van der Waals surface area (Å²) in [5.41, 5.74) is 4.30. The molecule has 1 heterocycles. The van der Waals surface area contributed by atoms with Crippen molar-refractivity contribution in [3.63, 3.8) is 0 Å². The highest BCUT2D eigenvalue weighted by Crippen LogP contribution is 2.24. The summed E-state index contributed by atoms with van der Waals surface area (Å²) in [7, 11) is 0. The van der Waals surface area contributed by atoms with E-state index in [2.05, 4.69) is 34.9 Å². The average molecular weight is 260 g/mol. The molecule has 0 aliphatic rings. The highest BCUT2D eigenvalue weighted by Gasteiger charge is 2.15. The zero-order valence-electron chi connectivity index (χ0n) is 11.4. The number of nitrogens with two attached hydrogens (primary N) is 1. The zero-order valence-corrected chi connectivity index (χ0v) is 11.4. The molecule has 0 bridgehead atoms. The van der Waals surface area contributed by atoms with Crippen molar-refractivity contribution in [2.45, 2.75) is 39.2 Å². The number of nitrogens with one attached hydrogen (secondary N) is 1. The van der Waals surface area contributed by atoms with Crippen LogP contribution in [0.3, 0.4) is 0 Å². The molecule has 2 aromatic rings. The molecule has 0 radical (unpaired) electrons. The van der Waals surface area contributed by atoms with Crippen molar-refractivity contribution in [2.24, 2.45) is 5.84 Å². The van der Waals surface area contributed by atoms with Gasteiger partial charge in [-0.1, -0.05) is 19.1 Å². The Bertz CT molecular complexity index is 576. The van der Waals surface area contributed by atoms with E-state index in [1.165, 1.54) is 0 Å². The van der Waals surface area contributed by atoms with Gasteiger partial charge in [-0.3, -0.25) is 10.2 Å². The fourth-order valence-electron chi connectivity index (χ4n) is 2.38. The molecule has 1 aromatic carbocycles. The van der Waals surface area contributed by atoms with Gasteiger partial charge in [0.05, 0.1) is 11.0 Å². The number of carbonyl (C=O) groups excluding carboxylic acids is 1. The first-order valence-electron chi connectivity index (χ1n) is 6.62. The van der Waals surface area contributed by atoms with Crippen LogP contribution >= 0.6 is 0 Å². The number of hydrogen-bond donors (Lipinski definition) is 2. The van der Waals surface area contributed by atoms with Crippen LogP contribution in [0.1, 0.15) is 38.6 Å². The molecule has 1 atom stereocenters. The van der Waals surface area contributed by atoms with Gasteiger partial charge in [0.1, 0.15) is 5.82 Å². The number of rotatable bonds is 5. The maximum absolute atomic E-state index is 11.2. The SMILES string of the molecule is CCc1nc2ccccc2n1C(C)CCC(=O)NN. The minimum absolute atomic E-state index is 0.130. The number of aryl methyl sites for hydroxylation is 1. The molecule has 1 amide bonds. The van der Waals surface area contributed by atoms with Gasteiger partial charge in [0.25, 0.3) is 0 Å². The number of aromatic nitrogens is 2. The maximum Gasteiger partial charge on any atom is 0.233 e. The van der Waals surface area contributed by atoms with Crippen molar-refractivity contribution in [2.75, 3.05) is 0 Å². The van der Waals surface area contributed by atoms with Gasteiger partial charge >= 0.3 is 0 Å². The molecule has 2 rings (SSSR count). The zero-order chi connectivity index (χ0) is 13.8. The van der Waals surface area contributed by atoms with Crippen LogP contribution in [-0.2, 0) is 11.2 Å². The summed E-state index contributed by atoms with van der Waals surface area (Å²) >= 11 is 0. The van der Waals surface area contributed by atoms with Gasteiger partial charge in [-0.25, -0.2) is 10.8 Å². The Kier molecular flexibility index (Phi) is 4.16. The standard InChI is InChI=1S/C14H20N4O/c1-3-13-16-11-6-4-5-7-12(11)18(13)10(2)8-9-14(19)17-15/h4-7,10H,3,8-9,15H2,1-2H3,(H,17,19). The van der Waals surface area contributed by atoms with Gasteiger partial charge in [0, 0.05) is 18.9 Å². The molecule has 3 N–H and O–H groups in total. The predicted octanol–water partition coefficient (Wildman–Crippen LogP) is 1.93. The van der Waals surface area contributed by atoms with E-state index in [1.807, 2.05) is 18.2 Å². The molecule has 0 saturated heterocycles. The number of hydrazine groups is 1. The molecule has 0 aliphatic heterocycles. The number of nitrogens with zero attached hydrogens (tertiary/aromatic N) is 2. The van der Waals surface area contributed by atoms with Crippen molar-refractivity contribution in [1.82, 2.24) is 15.0 Å². The van der Waals surface area contributed by atoms with Gasteiger partial charge in [-0.05, 0) is 25.5 Å². The van der Waals surface area contributed by atoms with Crippen LogP contribution in [-0.4, -0.2) is 15.5 Å². The fraction of sp³-hybridized carbons (Fsp3) is 0.429. The predicted molar refractivity (Wildman–Crippen MR) is 75.4 cm³/mol. The van der Waals surface area contributed by atoms with Gasteiger partial charge in [0.15, 0.2) is 0 Å². The summed E-state index contributed by atoms with van der Waals surface area (Å²) in [5.74, 6) is 6.03. The average Bonchev–Trinajstić information content (AvgIpc) is 2.82. The molecular weight excluding hydrogens is 240 g/mol. The lowest BCUT2D eigenvalue weighted by Gasteiger charge is -2.16. The molecule has 0 aliphatic carbocycles. The topological polar surface area (TPSA) is 72.9 Å². The van der Waals surface area contributed by atoms with E-state index in [1.54, 1.807) is 0 Å². The Morgan fingerprint density at radius 1 is 1.47 bits per heavy atom. The largest absolute Gasteiger partial charge is 0.325 e. The third-order valence-corrected chi connectivity index (χ3v) is 3.38. The molecule has 1 unspecified atom stereocenters. The summed E-state index contributed by atoms with van der Waals surface area (Å²) in [6, 6.07) is 8.32. The first kappa shape index (κ1) is 13.5. The Balaban J connectivity index is 2.29. The first-order chi connectivity index (χ1) is 9.17. The number of para-hydroxylation sites is 2. The smallest absolute Gasteiger partial charge is 0.233 e. The third kappa shape index (κ3) is 2.76. The van der Waals surface area contributed by atoms with E-state index in [9.17, 15) is 4.79 Å². The lowest BCUT2D eigenvalue weighted by atomic mass is 10.1. The first-order valence-corrected chi connectivity index (χ1v) is 6.62. The highest BCUT2D eigenvalue weighted by molar-refractivity contribution is 5.76. The van der Waals surface area contributed by atoms with Gasteiger partial charge in [-0.15, -0.1) is 0 Å². The van der Waals surface area contributed by atoms with Gasteiger partial charge in [0.2, 0.25) is 5.91 Å². The van der Waals surface area contributed by atoms with E-state index < -0.39 is 0 Å². The summed E-state index contributed by atoms with van der Waals surface area (Å²) in [6.45, 7) is 4.20. The van der Waals surface area contributed by atoms with Gasteiger partial charge in [-0.2, -0.15) is 0 Å². The molecule has 0 saturated carbocycles. The minimum atomic E-state index is -0.130. The van der Waals surface area contributed by atoms with Crippen molar-refractivity contribution >= 4 is 16.9 Å². The van der Waals surface area contributed by atoms with Crippen molar-refractivity contribution in [3.05, 3.63) is 30.1 Å². The maximum atomic E-state index is 11.2. The van der Waals surface area contributed by atoms with Crippen LogP contribution in [0.15, 0.2) is 24.3 Å². The normalized spacial score (nSPS) is 12.6. The third-order valence-electron chi connectivity index (χ3n) is 3.38. The van der Waals surface area contributed by atoms with Gasteiger partial charge < -0.3 is 4.57 Å². The fourth-order valence-corrected chi connectivity index (χ4v) is 2.38. The van der Waals surface area contributed by atoms with E-state index >= 15 is 0 Å². The summed E-state index contributed by atoms with van der Waals surface area (Å²) in [6.07, 6.45) is 2.05. The molecular formula is C14H20N4O. The van der Waals surface area contributed by atoms with Crippen LogP contribution in [0.2, 0.25) is 0 Å². The summed E-state index contributed by atoms with van der Waals surface area (Å²) in [5, 5.41) is 0. The van der Waals surface area contributed by atoms with Crippen LogP contribution < -0.4 is 11.3 Å².